The molecule has 0 aliphatic carbocycles. The Hall–Kier alpha value is -3.24. The molecule has 0 bridgehead atoms. The number of aliphatic hydroxyl groups excluding tert-OH is 1. The van der Waals surface area contributed by atoms with Gasteiger partial charge in [-0.1, -0.05) is 44.2 Å². The number of carbonyl (C=O) groups is 3. The number of carbonyl (C=O) groups excluding carboxylic acids is 2. The molecule has 0 saturated carbocycles. The monoisotopic (exact) mass is 586 g/mol. The molecule has 3 N–H and O–H groups in total. The first-order valence-electron chi connectivity index (χ1n) is 14.5. The standard InChI is InChI=1S/C30H39ClN4O6/c1-2-3-8-20-16-34(18-23-27(20)32-28(33-29(23)40)19-11-13-21(31)14-12-19)30(41)24-15-22(36)17-35(24)25(37)9-6-4-5-7-10-26(38)39/h11-14,20,22,24,36H,2-10,15-18H2,1H3,(H,38,39)(H,32,33,40)/t20?,22?,24-/m0/s1. The van der Waals surface area contributed by atoms with E-state index in [9.17, 15) is 24.3 Å². The van der Waals surface area contributed by atoms with Gasteiger partial charge in [0.15, 0.2) is 0 Å². The van der Waals surface area contributed by atoms with Crippen molar-refractivity contribution in [1.82, 2.24) is 19.8 Å². The van der Waals surface area contributed by atoms with Gasteiger partial charge in [-0.15, -0.1) is 0 Å². The van der Waals surface area contributed by atoms with Gasteiger partial charge in [-0.3, -0.25) is 19.2 Å². The fourth-order valence-electron chi connectivity index (χ4n) is 5.79. The van der Waals surface area contributed by atoms with E-state index in [2.05, 4.69) is 11.9 Å². The van der Waals surface area contributed by atoms with Crippen LogP contribution < -0.4 is 5.56 Å². The van der Waals surface area contributed by atoms with Crippen molar-refractivity contribution >= 4 is 29.4 Å². The number of aliphatic hydroxyl groups is 1. The van der Waals surface area contributed by atoms with Crippen molar-refractivity contribution in [3.8, 4) is 11.4 Å². The number of nitrogens with one attached hydrogen (secondary N) is 1. The van der Waals surface area contributed by atoms with Gasteiger partial charge >= 0.3 is 5.97 Å². The highest BCUT2D eigenvalue weighted by molar-refractivity contribution is 6.30. The number of nitrogens with zero attached hydrogens (tertiary/aromatic N) is 3. The van der Waals surface area contributed by atoms with Crippen molar-refractivity contribution in [3.05, 3.63) is 50.9 Å². The Bertz CT molecular complexity index is 1300. The smallest absolute Gasteiger partial charge is 0.303 e. The predicted octanol–water partition coefficient (Wildman–Crippen LogP) is 4.09. The van der Waals surface area contributed by atoms with Crippen LogP contribution in [0.5, 0.6) is 0 Å². The third-order valence-electron chi connectivity index (χ3n) is 7.98. The van der Waals surface area contributed by atoms with E-state index in [0.717, 1.165) is 37.7 Å². The summed E-state index contributed by atoms with van der Waals surface area (Å²) in [6.07, 6.45) is 4.97. The highest BCUT2D eigenvalue weighted by Gasteiger charge is 2.42. The van der Waals surface area contributed by atoms with Crippen LogP contribution >= 0.6 is 11.6 Å². The summed E-state index contributed by atoms with van der Waals surface area (Å²) < 4.78 is 0. The number of amides is 2. The summed E-state index contributed by atoms with van der Waals surface area (Å²) in [4.78, 5) is 61.7. The first-order valence-corrected chi connectivity index (χ1v) is 14.9. The zero-order chi connectivity index (χ0) is 29.5. The molecule has 3 atom stereocenters. The number of aromatic amines is 1. The van der Waals surface area contributed by atoms with Gasteiger partial charge in [-0.05, 0) is 43.5 Å². The van der Waals surface area contributed by atoms with Gasteiger partial charge in [0.25, 0.3) is 5.56 Å². The normalized spacial score (nSPS) is 20.2. The molecule has 4 rings (SSSR count). The number of benzene rings is 1. The first kappa shape index (κ1) is 30.7. The lowest BCUT2D eigenvalue weighted by molar-refractivity contribution is -0.144. The minimum Gasteiger partial charge on any atom is -0.481 e. The molecule has 2 unspecified atom stereocenters. The van der Waals surface area contributed by atoms with Gasteiger partial charge in [-0.2, -0.15) is 0 Å². The second-order valence-corrected chi connectivity index (χ2v) is 11.5. The van der Waals surface area contributed by atoms with Gasteiger partial charge in [0.05, 0.1) is 23.9 Å². The number of likely N-dealkylation sites (tertiary alicyclic amines) is 1. The summed E-state index contributed by atoms with van der Waals surface area (Å²) in [5, 5.41) is 19.7. The van der Waals surface area contributed by atoms with E-state index in [-0.39, 0.29) is 55.6 Å². The van der Waals surface area contributed by atoms with Crippen LogP contribution in [-0.2, 0) is 20.9 Å². The number of H-pyrrole nitrogens is 1. The summed E-state index contributed by atoms with van der Waals surface area (Å²) in [6.45, 7) is 2.68. The third-order valence-corrected chi connectivity index (χ3v) is 8.23. The maximum atomic E-state index is 13.8. The van der Waals surface area contributed by atoms with Crippen LogP contribution in [0.2, 0.25) is 5.02 Å². The second-order valence-electron chi connectivity index (χ2n) is 11.1. The molecule has 41 heavy (non-hydrogen) atoms. The molecule has 2 aliphatic heterocycles. The lowest BCUT2D eigenvalue weighted by Gasteiger charge is -2.36. The Morgan fingerprint density at radius 3 is 2.44 bits per heavy atom. The molecule has 0 radical (unpaired) electrons. The summed E-state index contributed by atoms with van der Waals surface area (Å²) >= 11 is 6.03. The Morgan fingerprint density at radius 2 is 1.76 bits per heavy atom. The van der Waals surface area contributed by atoms with E-state index in [1.54, 1.807) is 29.2 Å². The number of aliphatic carboxylic acids is 1. The number of β-amino-alcohol motifs (C(OH)–C–C–N with tert-alkyl or cyclic N) is 1. The van der Waals surface area contributed by atoms with Gasteiger partial charge in [0.1, 0.15) is 11.9 Å². The van der Waals surface area contributed by atoms with Crippen LogP contribution in [0.15, 0.2) is 29.1 Å². The lowest BCUT2D eigenvalue weighted by atomic mass is 9.90. The highest BCUT2D eigenvalue weighted by atomic mass is 35.5. The van der Waals surface area contributed by atoms with E-state index in [1.807, 2.05) is 0 Å². The molecule has 222 valence electrons. The minimum absolute atomic E-state index is 0.0955. The zero-order valence-electron chi connectivity index (χ0n) is 23.5. The molecule has 2 amide bonds. The molecular weight excluding hydrogens is 548 g/mol. The average molecular weight is 587 g/mol. The quantitative estimate of drug-likeness (QED) is 0.318. The van der Waals surface area contributed by atoms with E-state index in [4.69, 9.17) is 21.7 Å². The van der Waals surface area contributed by atoms with E-state index in [0.29, 0.717) is 41.5 Å². The number of hydrogen-bond acceptors (Lipinski definition) is 6. The summed E-state index contributed by atoms with van der Waals surface area (Å²) in [6, 6.07) is 6.32. The first-order chi connectivity index (χ1) is 19.7. The van der Waals surface area contributed by atoms with Gasteiger partial charge in [0.2, 0.25) is 11.8 Å². The number of fused-ring (bicyclic) bond motifs is 1. The molecule has 1 aromatic carbocycles. The molecule has 3 heterocycles. The fraction of sp³-hybridized carbons (Fsp3) is 0.567. The van der Waals surface area contributed by atoms with E-state index in [1.165, 1.54) is 4.90 Å². The van der Waals surface area contributed by atoms with Crippen LogP contribution in [0.1, 0.15) is 88.3 Å². The summed E-state index contributed by atoms with van der Waals surface area (Å²) in [5.74, 6) is -0.942. The average Bonchev–Trinajstić information content (AvgIpc) is 3.35. The Labute approximate surface area is 244 Å². The Balaban J connectivity index is 1.49. The van der Waals surface area contributed by atoms with Gasteiger partial charge in [0, 0.05) is 48.9 Å². The van der Waals surface area contributed by atoms with Crippen molar-refractivity contribution in [2.24, 2.45) is 0 Å². The molecule has 1 aromatic heterocycles. The molecule has 0 spiro atoms. The number of unbranched alkanes of at least 4 members (excludes halogenated alkanes) is 4. The number of carboxylic acids is 1. The number of carboxylic acid groups (broad SMARTS) is 1. The van der Waals surface area contributed by atoms with Gasteiger partial charge < -0.3 is 25.0 Å². The summed E-state index contributed by atoms with van der Waals surface area (Å²) in [5.41, 5.74) is 1.62. The summed E-state index contributed by atoms with van der Waals surface area (Å²) in [7, 11) is 0. The second kappa shape index (κ2) is 14.1. The SMILES string of the molecule is CCCCC1CN(C(=O)[C@@H]2CC(O)CN2C(=O)CCCCCCC(=O)O)Cc2c1nc(-c1ccc(Cl)cc1)[nH]c2=O. The highest BCUT2D eigenvalue weighted by Crippen LogP contribution is 2.32. The zero-order valence-corrected chi connectivity index (χ0v) is 24.2. The number of rotatable bonds is 12. The predicted molar refractivity (Wildman–Crippen MR) is 154 cm³/mol. The largest absolute Gasteiger partial charge is 0.481 e. The number of aromatic nitrogens is 2. The van der Waals surface area contributed by atoms with Crippen molar-refractivity contribution in [2.45, 2.75) is 95.7 Å². The van der Waals surface area contributed by atoms with Crippen LogP contribution in [0.4, 0.5) is 0 Å². The molecule has 11 heteroatoms. The van der Waals surface area contributed by atoms with Gasteiger partial charge in [-0.25, -0.2) is 4.98 Å². The van der Waals surface area contributed by atoms with Crippen LogP contribution in [0, 0.1) is 0 Å². The Morgan fingerprint density at radius 1 is 1.05 bits per heavy atom. The molecule has 10 nitrogen and oxygen atoms in total. The van der Waals surface area contributed by atoms with Crippen LogP contribution in [0.3, 0.4) is 0 Å². The van der Waals surface area contributed by atoms with E-state index >= 15 is 0 Å². The van der Waals surface area contributed by atoms with Crippen molar-refractivity contribution in [1.29, 1.82) is 0 Å². The maximum absolute atomic E-state index is 13.8. The molecule has 2 aromatic rings. The topological polar surface area (TPSA) is 144 Å². The molecular formula is C30H39ClN4O6. The molecule has 1 fully saturated rings. The number of halogens is 1. The molecule has 2 aliphatic rings. The van der Waals surface area contributed by atoms with E-state index < -0.39 is 18.1 Å². The Kier molecular flexibility index (Phi) is 10.6. The van der Waals surface area contributed by atoms with Crippen molar-refractivity contribution in [2.75, 3.05) is 13.1 Å². The maximum Gasteiger partial charge on any atom is 0.303 e. The number of hydrogen-bond donors (Lipinski definition) is 3. The van der Waals surface area contributed by atoms with Crippen LogP contribution in [0.25, 0.3) is 11.4 Å². The fourth-order valence-corrected chi connectivity index (χ4v) is 5.91. The lowest BCUT2D eigenvalue weighted by Crippen LogP contribution is -2.50. The van der Waals surface area contributed by atoms with Crippen LogP contribution in [-0.4, -0.2) is 73.0 Å². The van der Waals surface area contributed by atoms with Crippen molar-refractivity contribution in [3.63, 3.8) is 0 Å². The van der Waals surface area contributed by atoms with Crippen molar-refractivity contribution < 1.29 is 24.6 Å². The minimum atomic E-state index is -0.828. The third kappa shape index (κ3) is 7.74. The molecule has 1 saturated heterocycles.